The number of imide groups is 1. The Kier molecular flexibility index (Phi) is 2.69. The zero-order chi connectivity index (χ0) is 15.1. The first-order chi connectivity index (χ1) is 10.0. The summed E-state index contributed by atoms with van der Waals surface area (Å²) in [5, 5.41) is 18.4. The van der Waals surface area contributed by atoms with Crippen LogP contribution in [0.3, 0.4) is 0 Å². The summed E-state index contributed by atoms with van der Waals surface area (Å²) in [5.41, 5.74) is -0.143. The zero-order valence-corrected chi connectivity index (χ0v) is 10.5. The Bertz CT molecular complexity index is 765. The smallest absolute Gasteiger partial charge is 0.339 e. The summed E-state index contributed by atoms with van der Waals surface area (Å²) in [6.45, 7) is 0. The minimum absolute atomic E-state index is 0.0208. The van der Waals surface area contributed by atoms with Crippen molar-refractivity contribution in [3.63, 3.8) is 0 Å². The first-order valence-electron chi connectivity index (χ1n) is 5.91. The maximum Gasteiger partial charge on any atom is 0.339 e. The molecule has 0 bridgehead atoms. The molecule has 21 heavy (non-hydrogen) atoms. The van der Waals surface area contributed by atoms with Gasteiger partial charge < -0.3 is 10.2 Å². The van der Waals surface area contributed by atoms with Crippen LogP contribution in [0.4, 0.5) is 5.69 Å². The van der Waals surface area contributed by atoms with Gasteiger partial charge in [0.05, 0.1) is 11.3 Å². The number of rotatable bonds is 2. The van der Waals surface area contributed by atoms with Gasteiger partial charge in [0.25, 0.3) is 11.8 Å². The topological polar surface area (TPSA) is 108 Å². The molecule has 0 radical (unpaired) electrons. The number of aromatic hydroxyl groups is 1. The van der Waals surface area contributed by atoms with E-state index in [-0.39, 0.29) is 16.9 Å². The molecular formula is C14H8N2O5. The standard InChI is InChI=1S/C14H8N2O5/c17-10-4-3-7(6-9(10)14(20)21)16-12(18)8-2-1-5-15-11(8)13(16)19/h1-6,17H,(H,20,21). The largest absolute Gasteiger partial charge is 0.507 e. The number of phenols is 1. The van der Waals surface area contributed by atoms with E-state index < -0.39 is 29.1 Å². The van der Waals surface area contributed by atoms with Gasteiger partial charge in [-0.15, -0.1) is 0 Å². The molecule has 7 nitrogen and oxygen atoms in total. The second-order valence-corrected chi connectivity index (χ2v) is 4.35. The Labute approximate surface area is 118 Å². The third-order valence-electron chi connectivity index (χ3n) is 3.12. The molecule has 0 aliphatic carbocycles. The first-order valence-corrected chi connectivity index (χ1v) is 5.91. The van der Waals surface area contributed by atoms with Crippen LogP contribution in [0.2, 0.25) is 0 Å². The van der Waals surface area contributed by atoms with Crippen LogP contribution >= 0.6 is 0 Å². The molecule has 0 saturated carbocycles. The molecule has 2 heterocycles. The van der Waals surface area contributed by atoms with Gasteiger partial charge >= 0.3 is 5.97 Å². The van der Waals surface area contributed by atoms with Gasteiger partial charge in [-0.3, -0.25) is 14.6 Å². The van der Waals surface area contributed by atoms with Crippen LogP contribution in [0, 0.1) is 0 Å². The van der Waals surface area contributed by atoms with Crippen LogP contribution in [0.5, 0.6) is 5.75 Å². The number of fused-ring (bicyclic) bond motifs is 1. The highest BCUT2D eigenvalue weighted by Gasteiger charge is 2.38. The Morgan fingerprint density at radius 3 is 2.57 bits per heavy atom. The molecule has 0 spiro atoms. The van der Waals surface area contributed by atoms with Crippen LogP contribution < -0.4 is 4.90 Å². The van der Waals surface area contributed by atoms with Crippen molar-refractivity contribution < 1.29 is 24.6 Å². The van der Waals surface area contributed by atoms with Gasteiger partial charge in [0.15, 0.2) is 0 Å². The predicted molar refractivity (Wildman–Crippen MR) is 70.4 cm³/mol. The number of hydrogen-bond donors (Lipinski definition) is 2. The molecule has 0 saturated heterocycles. The molecule has 0 atom stereocenters. The average Bonchev–Trinajstić information content (AvgIpc) is 2.72. The van der Waals surface area contributed by atoms with Crippen LogP contribution in [0.25, 0.3) is 0 Å². The molecule has 2 aromatic rings. The quantitative estimate of drug-likeness (QED) is 0.804. The third kappa shape index (κ3) is 1.83. The number of pyridine rings is 1. The summed E-state index contributed by atoms with van der Waals surface area (Å²) in [5.74, 6) is -3.01. The molecule has 1 aliphatic heterocycles. The van der Waals surface area contributed by atoms with Crippen molar-refractivity contribution in [1.82, 2.24) is 4.98 Å². The number of carboxylic acid groups (broad SMARTS) is 1. The fourth-order valence-corrected chi connectivity index (χ4v) is 2.14. The van der Waals surface area contributed by atoms with Crippen molar-refractivity contribution in [1.29, 1.82) is 0 Å². The minimum atomic E-state index is -1.36. The second-order valence-electron chi connectivity index (χ2n) is 4.35. The molecule has 1 aliphatic rings. The lowest BCUT2D eigenvalue weighted by Gasteiger charge is -2.14. The Balaban J connectivity index is 2.11. The summed E-state index contributed by atoms with van der Waals surface area (Å²) in [7, 11) is 0. The normalized spacial score (nSPS) is 13.4. The number of benzene rings is 1. The monoisotopic (exact) mass is 284 g/mol. The Morgan fingerprint density at radius 1 is 1.14 bits per heavy atom. The van der Waals surface area contributed by atoms with E-state index in [9.17, 15) is 19.5 Å². The number of anilines is 1. The van der Waals surface area contributed by atoms with Crippen molar-refractivity contribution >= 4 is 23.5 Å². The lowest BCUT2D eigenvalue weighted by Crippen LogP contribution is -2.29. The van der Waals surface area contributed by atoms with Crippen molar-refractivity contribution in [2.75, 3.05) is 4.90 Å². The summed E-state index contributed by atoms with van der Waals surface area (Å²) < 4.78 is 0. The van der Waals surface area contributed by atoms with Crippen LogP contribution in [-0.2, 0) is 0 Å². The number of carboxylic acids is 1. The van der Waals surface area contributed by atoms with E-state index in [4.69, 9.17) is 5.11 Å². The minimum Gasteiger partial charge on any atom is -0.507 e. The SMILES string of the molecule is O=C(O)c1cc(N2C(=O)c3cccnc3C2=O)ccc1O. The Morgan fingerprint density at radius 2 is 1.90 bits per heavy atom. The number of carbonyl (C=O) groups is 3. The molecule has 0 unspecified atom stereocenters. The second kappa shape index (κ2) is 4.41. The number of nitrogens with zero attached hydrogens (tertiary/aromatic N) is 2. The summed E-state index contributed by atoms with van der Waals surface area (Å²) in [4.78, 5) is 40.1. The molecular weight excluding hydrogens is 276 g/mol. The number of aromatic nitrogens is 1. The van der Waals surface area contributed by atoms with Gasteiger partial charge in [-0.2, -0.15) is 0 Å². The summed E-state index contributed by atoms with van der Waals surface area (Å²) >= 11 is 0. The summed E-state index contributed by atoms with van der Waals surface area (Å²) in [6.07, 6.45) is 1.40. The maximum absolute atomic E-state index is 12.2. The van der Waals surface area contributed by atoms with Crippen molar-refractivity contribution in [3.05, 3.63) is 53.3 Å². The van der Waals surface area contributed by atoms with Crippen molar-refractivity contribution in [3.8, 4) is 5.75 Å². The van der Waals surface area contributed by atoms with Gasteiger partial charge in [0, 0.05) is 6.20 Å². The number of carbonyl (C=O) groups excluding carboxylic acids is 2. The van der Waals surface area contributed by atoms with Crippen LogP contribution in [0.15, 0.2) is 36.5 Å². The van der Waals surface area contributed by atoms with E-state index in [1.54, 1.807) is 0 Å². The van der Waals surface area contributed by atoms with E-state index in [1.165, 1.54) is 24.4 Å². The number of hydrogen-bond acceptors (Lipinski definition) is 5. The van der Waals surface area contributed by atoms with E-state index in [0.717, 1.165) is 17.0 Å². The highest BCUT2D eigenvalue weighted by molar-refractivity contribution is 6.33. The van der Waals surface area contributed by atoms with Crippen LogP contribution in [0.1, 0.15) is 31.2 Å². The molecule has 2 amide bonds. The molecule has 3 rings (SSSR count). The van der Waals surface area contributed by atoms with Gasteiger partial charge in [0.2, 0.25) is 0 Å². The van der Waals surface area contributed by atoms with Gasteiger partial charge in [-0.25, -0.2) is 9.69 Å². The van der Waals surface area contributed by atoms with E-state index in [1.807, 2.05) is 0 Å². The van der Waals surface area contributed by atoms with Crippen molar-refractivity contribution in [2.45, 2.75) is 0 Å². The average molecular weight is 284 g/mol. The van der Waals surface area contributed by atoms with Crippen LogP contribution in [-0.4, -0.2) is 33.0 Å². The fraction of sp³-hybridized carbons (Fsp3) is 0. The van der Waals surface area contributed by atoms with Gasteiger partial charge in [-0.05, 0) is 30.3 Å². The highest BCUT2D eigenvalue weighted by Crippen LogP contribution is 2.30. The van der Waals surface area contributed by atoms with E-state index >= 15 is 0 Å². The lowest BCUT2D eigenvalue weighted by molar-refractivity contribution is 0.0692. The van der Waals surface area contributed by atoms with Gasteiger partial charge in [0.1, 0.15) is 17.0 Å². The van der Waals surface area contributed by atoms with E-state index in [0.29, 0.717) is 0 Å². The van der Waals surface area contributed by atoms with E-state index in [2.05, 4.69) is 4.98 Å². The molecule has 7 heteroatoms. The maximum atomic E-state index is 12.2. The number of amides is 2. The number of aromatic carboxylic acids is 1. The molecule has 104 valence electrons. The fourth-order valence-electron chi connectivity index (χ4n) is 2.14. The Hall–Kier alpha value is -3.22. The molecule has 1 aromatic heterocycles. The summed E-state index contributed by atoms with van der Waals surface area (Å²) in [6, 6.07) is 6.49. The first kappa shape index (κ1) is 12.8. The van der Waals surface area contributed by atoms with Gasteiger partial charge in [-0.1, -0.05) is 0 Å². The third-order valence-corrected chi connectivity index (χ3v) is 3.12. The molecule has 2 N–H and O–H groups in total. The molecule has 1 aromatic carbocycles. The van der Waals surface area contributed by atoms with Crippen molar-refractivity contribution in [2.24, 2.45) is 0 Å². The zero-order valence-electron chi connectivity index (χ0n) is 10.5. The highest BCUT2D eigenvalue weighted by atomic mass is 16.4. The lowest BCUT2D eigenvalue weighted by atomic mass is 10.1. The molecule has 0 fully saturated rings. The predicted octanol–water partition coefficient (Wildman–Crippen LogP) is 1.29.